The van der Waals surface area contributed by atoms with Crippen LogP contribution in [0.2, 0.25) is 0 Å². The van der Waals surface area contributed by atoms with E-state index in [2.05, 4.69) is 26.2 Å². The number of carbonyl (C=O) groups is 1. The standard InChI is InChI=1S/C16H18BrN3O/c1-3-18-15-8-7-13(10-19-15)16(21)20(2)11-12-5-4-6-14(17)9-12/h4-10H,3,11H2,1-2H3,(H,18,19). The highest BCUT2D eigenvalue weighted by molar-refractivity contribution is 9.10. The van der Waals surface area contributed by atoms with Crippen LogP contribution in [0.3, 0.4) is 0 Å². The van der Waals surface area contributed by atoms with Crippen LogP contribution in [0.5, 0.6) is 0 Å². The molecule has 2 aromatic rings. The van der Waals surface area contributed by atoms with Gasteiger partial charge < -0.3 is 10.2 Å². The smallest absolute Gasteiger partial charge is 0.255 e. The van der Waals surface area contributed by atoms with Crippen molar-refractivity contribution < 1.29 is 4.79 Å². The number of halogens is 1. The number of aromatic nitrogens is 1. The summed E-state index contributed by atoms with van der Waals surface area (Å²) in [6.07, 6.45) is 1.61. The molecule has 0 fully saturated rings. The first-order valence-electron chi connectivity index (χ1n) is 6.80. The van der Waals surface area contributed by atoms with E-state index < -0.39 is 0 Å². The number of nitrogens with one attached hydrogen (secondary N) is 1. The summed E-state index contributed by atoms with van der Waals surface area (Å²) in [5, 5.41) is 3.11. The van der Waals surface area contributed by atoms with E-state index in [4.69, 9.17) is 0 Å². The number of pyridine rings is 1. The highest BCUT2D eigenvalue weighted by atomic mass is 79.9. The van der Waals surface area contributed by atoms with Gasteiger partial charge in [-0.2, -0.15) is 0 Å². The number of anilines is 1. The zero-order chi connectivity index (χ0) is 15.2. The lowest BCUT2D eigenvalue weighted by Gasteiger charge is -2.17. The second-order valence-electron chi connectivity index (χ2n) is 4.75. The summed E-state index contributed by atoms with van der Waals surface area (Å²) in [5.74, 6) is 0.745. The van der Waals surface area contributed by atoms with Crippen LogP contribution < -0.4 is 5.32 Å². The molecule has 0 spiro atoms. The fourth-order valence-electron chi connectivity index (χ4n) is 2.01. The van der Waals surface area contributed by atoms with E-state index in [1.54, 1.807) is 24.2 Å². The fourth-order valence-corrected chi connectivity index (χ4v) is 2.45. The minimum Gasteiger partial charge on any atom is -0.370 e. The molecule has 21 heavy (non-hydrogen) atoms. The van der Waals surface area contributed by atoms with E-state index in [1.165, 1.54) is 0 Å². The van der Waals surface area contributed by atoms with Gasteiger partial charge >= 0.3 is 0 Å². The first-order valence-corrected chi connectivity index (χ1v) is 7.59. The number of amides is 1. The SMILES string of the molecule is CCNc1ccc(C(=O)N(C)Cc2cccc(Br)c2)cn1. The summed E-state index contributed by atoms with van der Waals surface area (Å²) < 4.78 is 1.01. The van der Waals surface area contributed by atoms with Crippen molar-refractivity contribution in [1.82, 2.24) is 9.88 Å². The van der Waals surface area contributed by atoms with Crippen LogP contribution in [0.4, 0.5) is 5.82 Å². The van der Waals surface area contributed by atoms with E-state index >= 15 is 0 Å². The zero-order valence-corrected chi connectivity index (χ0v) is 13.7. The lowest BCUT2D eigenvalue weighted by Crippen LogP contribution is -2.26. The molecular formula is C16H18BrN3O. The molecule has 5 heteroatoms. The molecule has 1 heterocycles. The minimum atomic E-state index is -0.0366. The number of rotatable bonds is 5. The molecule has 0 aliphatic carbocycles. The van der Waals surface area contributed by atoms with Gasteiger partial charge in [-0.15, -0.1) is 0 Å². The number of nitrogens with zero attached hydrogens (tertiary/aromatic N) is 2. The lowest BCUT2D eigenvalue weighted by atomic mass is 10.2. The van der Waals surface area contributed by atoms with Crippen LogP contribution in [0.25, 0.3) is 0 Å². The van der Waals surface area contributed by atoms with Gasteiger partial charge in [0.05, 0.1) is 5.56 Å². The van der Waals surface area contributed by atoms with Crippen LogP contribution in [0, 0.1) is 0 Å². The largest absolute Gasteiger partial charge is 0.370 e. The van der Waals surface area contributed by atoms with Gasteiger partial charge in [-0.25, -0.2) is 4.98 Å². The molecule has 1 aromatic carbocycles. The Morgan fingerprint density at radius 1 is 1.33 bits per heavy atom. The second kappa shape index (κ2) is 7.22. The van der Waals surface area contributed by atoms with Gasteiger partial charge in [0.2, 0.25) is 0 Å². The van der Waals surface area contributed by atoms with Gasteiger partial charge in [-0.05, 0) is 36.8 Å². The Morgan fingerprint density at radius 3 is 2.76 bits per heavy atom. The predicted octanol–water partition coefficient (Wildman–Crippen LogP) is 3.55. The molecule has 0 bridgehead atoms. The normalized spacial score (nSPS) is 10.2. The molecule has 1 aromatic heterocycles. The Morgan fingerprint density at radius 2 is 2.14 bits per heavy atom. The minimum absolute atomic E-state index is 0.0366. The van der Waals surface area contributed by atoms with Gasteiger partial charge in [-0.1, -0.05) is 28.1 Å². The Labute approximate surface area is 133 Å². The topological polar surface area (TPSA) is 45.2 Å². The molecule has 1 N–H and O–H groups in total. The monoisotopic (exact) mass is 347 g/mol. The van der Waals surface area contributed by atoms with Crippen molar-refractivity contribution in [3.8, 4) is 0 Å². The van der Waals surface area contributed by atoms with Gasteiger partial charge in [0.15, 0.2) is 0 Å². The van der Waals surface area contributed by atoms with Gasteiger partial charge in [0.1, 0.15) is 5.82 Å². The summed E-state index contributed by atoms with van der Waals surface area (Å²) in [4.78, 5) is 18.3. The average molecular weight is 348 g/mol. The summed E-state index contributed by atoms with van der Waals surface area (Å²) in [7, 11) is 1.79. The Kier molecular flexibility index (Phi) is 5.33. The molecule has 0 aliphatic rings. The molecule has 0 atom stereocenters. The van der Waals surface area contributed by atoms with Crippen LogP contribution >= 0.6 is 15.9 Å². The molecule has 0 unspecified atom stereocenters. The van der Waals surface area contributed by atoms with E-state index in [9.17, 15) is 4.79 Å². The van der Waals surface area contributed by atoms with Crippen molar-refractivity contribution >= 4 is 27.7 Å². The van der Waals surface area contributed by atoms with Crippen LogP contribution in [-0.2, 0) is 6.54 Å². The summed E-state index contributed by atoms with van der Waals surface area (Å²) in [6, 6.07) is 11.6. The maximum atomic E-state index is 12.4. The molecule has 0 radical (unpaired) electrons. The predicted molar refractivity (Wildman–Crippen MR) is 88.3 cm³/mol. The van der Waals surface area contributed by atoms with E-state index in [0.717, 1.165) is 22.4 Å². The van der Waals surface area contributed by atoms with Crippen molar-refractivity contribution in [2.24, 2.45) is 0 Å². The Hall–Kier alpha value is -1.88. The number of benzene rings is 1. The van der Waals surface area contributed by atoms with Crippen molar-refractivity contribution in [2.75, 3.05) is 18.9 Å². The molecule has 2 rings (SSSR count). The fraction of sp³-hybridized carbons (Fsp3) is 0.250. The van der Waals surface area contributed by atoms with E-state index in [-0.39, 0.29) is 5.91 Å². The zero-order valence-electron chi connectivity index (χ0n) is 12.1. The number of carbonyl (C=O) groups excluding carboxylic acids is 1. The maximum absolute atomic E-state index is 12.4. The first kappa shape index (κ1) is 15.5. The van der Waals surface area contributed by atoms with Crippen LogP contribution in [0.15, 0.2) is 47.1 Å². The summed E-state index contributed by atoms with van der Waals surface area (Å²) in [6.45, 7) is 3.38. The van der Waals surface area contributed by atoms with Crippen molar-refractivity contribution in [3.05, 3.63) is 58.2 Å². The molecular weight excluding hydrogens is 330 g/mol. The Balaban J connectivity index is 2.04. The third kappa shape index (κ3) is 4.29. The van der Waals surface area contributed by atoms with E-state index in [1.807, 2.05) is 37.3 Å². The number of hydrogen-bond donors (Lipinski definition) is 1. The lowest BCUT2D eigenvalue weighted by molar-refractivity contribution is 0.0784. The van der Waals surface area contributed by atoms with Gasteiger partial charge in [0.25, 0.3) is 5.91 Å². The Bertz CT molecular complexity index is 613. The van der Waals surface area contributed by atoms with Crippen LogP contribution in [-0.4, -0.2) is 29.4 Å². The second-order valence-corrected chi connectivity index (χ2v) is 5.67. The first-order chi connectivity index (χ1) is 10.1. The average Bonchev–Trinajstić information content (AvgIpc) is 2.47. The molecule has 1 amide bonds. The van der Waals surface area contributed by atoms with Gasteiger partial charge in [-0.3, -0.25) is 4.79 Å². The molecule has 0 aliphatic heterocycles. The van der Waals surface area contributed by atoms with Crippen LogP contribution in [0.1, 0.15) is 22.8 Å². The highest BCUT2D eigenvalue weighted by Gasteiger charge is 2.12. The quantitative estimate of drug-likeness (QED) is 0.899. The van der Waals surface area contributed by atoms with Gasteiger partial charge in [0, 0.05) is 30.8 Å². The summed E-state index contributed by atoms with van der Waals surface area (Å²) >= 11 is 3.44. The maximum Gasteiger partial charge on any atom is 0.255 e. The molecule has 0 saturated heterocycles. The van der Waals surface area contributed by atoms with E-state index in [0.29, 0.717) is 12.1 Å². The molecule has 0 saturated carbocycles. The third-order valence-electron chi connectivity index (χ3n) is 3.02. The highest BCUT2D eigenvalue weighted by Crippen LogP contribution is 2.14. The van der Waals surface area contributed by atoms with Crippen molar-refractivity contribution in [1.29, 1.82) is 0 Å². The summed E-state index contributed by atoms with van der Waals surface area (Å²) in [5.41, 5.74) is 1.67. The number of hydrogen-bond acceptors (Lipinski definition) is 3. The molecule has 110 valence electrons. The van der Waals surface area contributed by atoms with Crippen molar-refractivity contribution in [2.45, 2.75) is 13.5 Å². The third-order valence-corrected chi connectivity index (χ3v) is 3.52. The van der Waals surface area contributed by atoms with Crippen molar-refractivity contribution in [3.63, 3.8) is 0 Å². The molecule has 4 nitrogen and oxygen atoms in total.